The first-order chi connectivity index (χ1) is 8.90. The molecule has 2 rings (SSSR count). The highest BCUT2D eigenvalue weighted by atomic mass is 32.2. The molecule has 1 aromatic rings. The molecule has 1 saturated heterocycles. The molecule has 0 bridgehead atoms. The van der Waals surface area contributed by atoms with Crippen LogP contribution in [0.3, 0.4) is 0 Å². The van der Waals surface area contributed by atoms with E-state index in [9.17, 15) is 12.8 Å². The van der Waals surface area contributed by atoms with Crippen molar-refractivity contribution in [3.63, 3.8) is 0 Å². The standard InChI is InChI=1S/C13H18FNO3S/c1-9-8-11(14)5-6-13(9)19(16,17)15-10(2)12-4-3-7-18-12/h5-6,8,10,12,15H,3-4,7H2,1-2H3/t10-,12+/m1/s1. The highest BCUT2D eigenvalue weighted by Crippen LogP contribution is 2.20. The minimum atomic E-state index is -3.64. The number of hydrogen-bond acceptors (Lipinski definition) is 3. The number of sulfonamides is 1. The molecule has 6 heteroatoms. The first-order valence-electron chi connectivity index (χ1n) is 6.30. The van der Waals surface area contributed by atoms with Crippen molar-refractivity contribution in [3.8, 4) is 0 Å². The Bertz CT molecular complexity index is 553. The third-order valence-corrected chi connectivity index (χ3v) is 5.01. The van der Waals surface area contributed by atoms with Gasteiger partial charge in [0, 0.05) is 12.6 Å². The predicted molar refractivity (Wildman–Crippen MR) is 69.9 cm³/mol. The summed E-state index contributed by atoms with van der Waals surface area (Å²) in [7, 11) is -3.64. The van der Waals surface area contributed by atoms with E-state index < -0.39 is 15.8 Å². The fourth-order valence-corrected chi connectivity index (χ4v) is 3.79. The van der Waals surface area contributed by atoms with Crippen LogP contribution in [0.2, 0.25) is 0 Å². The molecule has 19 heavy (non-hydrogen) atoms. The highest BCUT2D eigenvalue weighted by molar-refractivity contribution is 7.89. The topological polar surface area (TPSA) is 55.4 Å². The van der Waals surface area contributed by atoms with E-state index in [0.717, 1.165) is 18.9 Å². The lowest BCUT2D eigenvalue weighted by Crippen LogP contribution is -2.40. The normalized spacial score (nSPS) is 21.5. The van der Waals surface area contributed by atoms with Gasteiger partial charge in [0.1, 0.15) is 5.82 Å². The number of hydrogen-bond donors (Lipinski definition) is 1. The molecule has 1 heterocycles. The monoisotopic (exact) mass is 287 g/mol. The summed E-state index contributed by atoms with van der Waals surface area (Å²) in [5.41, 5.74) is 0.395. The largest absolute Gasteiger partial charge is 0.377 e. The van der Waals surface area contributed by atoms with Gasteiger partial charge in [0.25, 0.3) is 0 Å². The first kappa shape index (κ1) is 14.4. The molecule has 106 valence electrons. The van der Waals surface area contributed by atoms with Crippen LogP contribution in [-0.2, 0) is 14.8 Å². The molecule has 0 unspecified atom stereocenters. The summed E-state index contributed by atoms with van der Waals surface area (Å²) in [4.78, 5) is 0.110. The molecule has 1 aromatic carbocycles. The molecular formula is C13H18FNO3S. The molecule has 1 aliphatic heterocycles. The molecule has 0 spiro atoms. The lowest BCUT2D eigenvalue weighted by atomic mass is 10.1. The van der Waals surface area contributed by atoms with Crippen LogP contribution >= 0.6 is 0 Å². The van der Waals surface area contributed by atoms with Crippen molar-refractivity contribution in [1.82, 2.24) is 4.72 Å². The Morgan fingerprint density at radius 2 is 2.21 bits per heavy atom. The molecule has 0 aromatic heterocycles. The van der Waals surface area contributed by atoms with Gasteiger partial charge < -0.3 is 4.74 Å². The second-order valence-corrected chi connectivity index (χ2v) is 6.55. The van der Waals surface area contributed by atoms with Crippen LogP contribution in [0, 0.1) is 12.7 Å². The van der Waals surface area contributed by atoms with E-state index in [2.05, 4.69) is 4.72 Å². The van der Waals surface area contributed by atoms with Gasteiger partial charge in [-0.3, -0.25) is 0 Å². The summed E-state index contributed by atoms with van der Waals surface area (Å²) in [5, 5.41) is 0. The quantitative estimate of drug-likeness (QED) is 0.921. The summed E-state index contributed by atoms with van der Waals surface area (Å²) in [6, 6.07) is 3.36. The van der Waals surface area contributed by atoms with Gasteiger partial charge in [-0.2, -0.15) is 0 Å². The van der Waals surface area contributed by atoms with Crippen LogP contribution in [0.15, 0.2) is 23.1 Å². The fraction of sp³-hybridized carbons (Fsp3) is 0.538. The van der Waals surface area contributed by atoms with Crippen LogP contribution in [0.1, 0.15) is 25.3 Å². The number of rotatable bonds is 4. The Labute approximate surface area is 113 Å². The van der Waals surface area contributed by atoms with Gasteiger partial charge in [0.2, 0.25) is 10.0 Å². The van der Waals surface area contributed by atoms with Crippen molar-refractivity contribution in [3.05, 3.63) is 29.6 Å². The summed E-state index contributed by atoms with van der Waals surface area (Å²) >= 11 is 0. The van der Waals surface area contributed by atoms with Gasteiger partial charge >= 0.3 is 0 Å². The van der Waals surface area contributed by atoms with Crippen molar-refractivity contribution in [2.75, 3.05) is 6.61 Å². The smallest absolute Gasteiger partial charge is 0.241 e. The average Bonchev–Trinajstić information content (AvgIpc) is 2.80. The molecule has 1 aliphatic rings. The average molecular weight is 287 g/mol. The summed E-state index contributed by atoms with van der Waals surface area (Å²) in [5.74, 6) is -0.441. The summed E-state index contributed by atoms with van der Waals surface area (Å²) < 4.78 is 45.6. The van der Waals surface area contributed by atoms with Gasteiger partial charge in [-0.15, -0.1) is 0 Å². The van der Waals surface area contributed by atoms with E-state index in [0.29, 0.717) is 12.2 Å². The van der Waals surface area contributed by atoms with Gasteiger partial charge in [-0.25, -0.2) is 17.5 Å². The second kappa shape index (κ2) is 5.56. The van der Waals surface area contributed by atoms with E-state index in [1.54, 1.807) is 13.8 Å². The predicted octanol–water partition coefficient (Wildman–Crippen LogP) is 1.98. The van der Waals surface area contributed by atoms with Crippen molar-refractivity contribution in [2.45, 2.75) is 43.7 Å². The molecule has 0 radical (unpaired) electrons. The lowest BCUT2D eigenvalue weighted by molar-refractivity contribution is 0.0902. The Morgan fingerprint density at radius 3 is 2.79 bits per heavy atom. The Morgan fingerprint density at radius 1 is 1.47 bits per heavy atom. The van der Waals surface area contributed by atoms with Crippen molar-refractivity contribution in [2.24, 2.45) is 0 Å². The maximum Gasteiger partial charge on any atom is 0.241 e. The molecular weight excluding hydrogens is 269 g/mol. The zero-order chi connectivity index (χ0) is 14.0. The van der Waals surface area contributed by atoms with Crippen LogP contribution in [0.25, 0.3) is 0 Å². The van der Waals surface area contributed by atoms with Crippen LogP contribution in [-0.4, -0.2) is 27.2 Å². The summed E-state index contributed by atoms with van der Waals surface area (Å²) in [6.07, 6.45) is 1.72. The highest BCUT2D eigenvalue weighted by Gasteiger charge is 2.27. The summed E-state index contributed by atoms with van der Waals surface area (Å²) in [6.45, 7) is 4.03. The molecule has 0 saturated carbocycles. The minimum absolute atomic E-state index is 0.0875. The molecule has 0 amide bonds. The third kappa shape index (κ3) is 3.32. The zero-order valence-electron chi connectivity index (χ0n) is 11.0. The van der Waals surface area contributed by atoms with E-state index >= 15 is 0 Å². The van der Waals surface area contributed by atoms with Crippen molar-refractivity contribution < 1.29 is 17.5 Å². The molecule has 2 atom stereocenters. The fourth-order valence-electron chi connectivity index (χ4n) is 2.30. The SMILES string of the molecule is Cc1cc(F)ccc1S(=O)(=O)N[C@H](C)[C@@H]1CCCO1. The van der Waals surface area contributed by atoms with Gasteiger partial charge in [-0.05, 0) is 50.5 Å². The zero-order valence-corrected chi connectivity index (χ0v) is 11.8. The second-order valence-electron chi connectivity index (χ2n) is 4.87. The van der Waals surface area contributed by atoms with Crippen LogP contribution in [0.4, 0.5) is 4.39 Å². The van der Waals surface area contributed by atoms with Gasteiger partial charge in [-0.1, -0.05) is 0 Å². The maximum atomic E-state index is 13.0. The van der Waals surface area contributed by atoms with E-state index in [1.807, 2.05) is 0 Å². The molecule has 1 fully saturated rings. The van der Waals surface area contributed by atoms with Crippen molar-refractivity contribution in [1.29, 1.82) is 0 Å². The van der Waals surface area contributed by atoms with Gasteiger partial charge in [0.15, 0.2) is 0 Å². The van der Waals surface area contributed by atoms with Crippen LogP contribution in [0.5, 0.6) is 0 Å². The van der Waals surface area contributed by atoms with E-state index in [4.69, 9.17) is 4.74 Å². The third-order valence-electron chi connectivity index (χ3n) is 3.29. The number of benzene rings is 1. The van der Waals surface area contributed by atoms with Crippen LogP contribution < -0.4 is 4.72 Å². The molecule has 0 aliphatic carbocycles. The van der Waals surface area contributed by atoms with Crippen molar-refractivity contribution >= 4 is 10.0 Å². The number of aryl methyl sites for hydroxylation is 1. The Hall–Kier alpha value is -0.980. The Balaban J connectivity index is 2.17. The number of nitrogens with one attached hydrogen (secondary N) is 1. The van der Waals surface area contributed by atoms with E-state index in [-0.39, 0.29) is 17.0 Å². The number of halogens is 1. The molecule has 1 N–H and O–H groups in total. The minimum Gasteiger partial charge on any atom is -0.377 e. The van der Waals surface area contributed by atoms with E-state index in [1.165, 1.54) is 12.1 Å². The van der Waals surface area contributed by atoms with Gasteiger partial charge in [0.05, 0.1) is 11.0 Å². The first-order valence-corrected chi connectivity index (χ1v) is 7.78. The lowest BCUT2D eigenvalue weighted by Gasteiger charge is -2.20. The maximum absolute atomic E-state index is 13.0. The Kier molecular flexibility index (Phi) is 4.23. The number of ether oxygens (including phenoxy) is 1. The molecule has 4 nitrogen and oxygen atoms in total.